The summed E-state index contributed by atoms with van der Waals surface area (Å²) in [6.45, 7) is 6.57. The Balaban J connectivity index is 2.49. The number of ether oxygens (including phenoxy) is 1. The molecule has 0 bridgehead atoms. The smallest absolute Gasteiger partial charge is 0.253 e. The van der Waals surface area contributed by atoms with Gasteiger partial charge in [-0.2, -0.15) is 0 Å². The number of rotatable bonds is 7. The predicted molar refractivity (Wildman–Crippen MR) is 84.0 cm³/mol. The van der Waals surface area contributed by atoms with Crippen LogP contribution in [0.3, 0.4) is 0 Å². The van der Waals surface area contributed by atoms with Gasteiger partial charge in [-0.3, -0.25) is 4.79 Å². The summed E-state index contributed by atoms with van der Waals surface area (Å²) in [6.07, 6.45) is 1.70. The number of nitrogen functional groups attached to an aromatic ring is 1. The number of hydrogen-bond acceptors (Lipinski definition) is 3. The van der Waals surface area contributed by atoms with E-state index in [0.717, 1.165) is 12.8 Å². The van der Waals surface area contributed by atoms with Crippen molar-refractivity contribution in [2.75, 3.05) is 17.7 Å². The minimum Gasteiger partial charge on any atom is -0.397 e. The van der Waals surface area contributed by atoms with Crippen LogP contribution in [0, 0.1) is 5.92 Å². The van der Waals surface area contributed by atoms with Gasteiger partial charge < -0.3 is 15.8 Å². The molecular weight excluding hydrogens is 276 g/mol. The molecule has 0 aromatic heterocycles. The van der Waals surface area contributed by atoms with Crippen molar-refractivity contribution in [1.82, 2.24) is 0 Å². The first kappa shape index (κ1) is 16.8. The van der Waals surface area contributed by atoms with Gasteiger partial charge >= 0.3 is 0 Å². The number of hydrogen-bond donors (Lipinski definition) is 2. The molecular formula is C15H23ClN2O2. The number of nitrogens with one attached hydrogen (secondary N) is 1. The van der Waals surface area contributed by atoms with Crippen LogP contribution in [-0.4, -0.2) is 18.6 Å². The third-order valence-electron chi connectivity index (χ3n) is 3.05. The number of nitrogens with two attached hydrogens (primary N) is 1. The summed E-state index contributed by atoms with van der Waals surface area (Å²) in [5.41, 5.74) is 6.79. The number of benzene rings is 1. The fourth-order valence-corrected chi connectivity index (χ4v) is 2.02. The predicted octanol–water partition coefficient (Wildman–Crippen LogP) is 3.70. The Labute approximate surface area is 125 Å². The number of amides is 1. The van der Waals surface area contributed by atoms with Gasteiger partial charge in [0.1, 0.15) is 6.10 Å². The molecule has 0 fully saturated rings. The number of anilines is 2. The highest BCUT2D eigenvalue weighted by molar-refractivity contribution is 6.31. The van der Waals surface area contributed by atoms with E-state index >= 15 is 0 Å². The highest BCUT2D eigenvalue weighted by atomic mass is 35.5. The van der Waals surface area contributed by atoms with E-state index in [2.05, 4.69) is 19.2 Å². The topological polar surface area (TPSA) is 64.3 Å². The normalized spacial score (nSPS) is 13.8. The molecule has 1 rings (SSSR count). The van der Waals surface area contributed by atoms with Crippen molar-refractivity contribution in [3.8, 4) is 0 Å². The van der Waals surface area contributed by atoms with Crippen LogP contribution >= 0.6 is 11.6 Å². The van der Waals surface area contributed by atoms with Crippen molar-refractivity contribution in [3.63, 3.8) is 0 Å². The highest BCUT2D eigenvalue weighted by Crippen LogP contribution is 2.22. The molecule has 1 aromatic rings. The zero-order chi connectivity index (χ0) is 15.1. The zero-order valence-corrected chi connectivity index (χ0v) is 13.0. The summed E-state index contributed by atoms with van der Waals surface area (Å²) in [4.78, 5) is 12.0. The molecule has 0 heterocycles. The van der Waals surface area contributed by atoms with Gasteiger partial charge in [-0.1, -0.05) is 31.9 Å². The summed E-state index contributed by atoms with van der Waals surface area (Å²) in [6, 6.07) is 4.97. The standard InChI is InChI=1S/C15H23ClN2O2/c1-4-5-10(2)9-20-11(3)15(19)18-14-7-6-12(16)8-13(14)17/h6-8,10-11H,4-5,9,17H2,1-3H3,(H,18,19). The van der Waals surface area contributed by atoms with Gasteiger partial charge in [-0.15, -0.1) is 0 Å². The Bertz CT molecular complexity index is 451. The molecule has 2 atom stereocenters. The lowest BCUT2D eigenvalue weighted by Gasteiger charge is -2.17. The van der Waals surface area contributed by atoms with Crippen LogP contribution in [0.4, 0.5) is 11.4 Å². The van der Waals surface area contributed by atoms with Crippen LogP contribution in [-0.2, 0) is 9.53 Å². The van der Waals surface area contributed by atoms with E-state index in [4.69, 9.17) is 22.1 Å². The Morgan fingerprint density at radius 1 is 1.45 bits per heavy atom. The van der Waals surface area contributed by atoms with Crippen LogP contribution in [0.1, 0.15) is 33.6 Å². The molecule has 0 spiro atoms. The van der Waals surface area contributed by atoms with Crippen molar-refractivity contribution in [2.45, 2.75) is 39.7 Å². The van der Waals surface area contributed by atoms with Crippen molar-refractivity contribution < 1.29 is 9.53 Å². The minimum absolute atomic E-state index is 0.206. The zero-order valence-electron chi connectivity index (χ0n) is 12.3. The van der Waals surface area contributed by atoms with Crippen LogP contribution in [0.15, 0.2) is 18.2 Å². The second-order valence-corrected chi connectivity index (χ2v) is 5.53. The SMILES string of the molecule is CCCC(C)COC(C)C(=O)Nc1ccc(Cl)cc1N. The first-order chi connectivity index (χ1) is 9.43. The van der Waals surface area contributed by atoms with Crippen molar-refractivity contribution in [2.24, 2.45) is 5.92 Å². The number of carbonyl (C=O) groups is 1. The molecule has 5 heteroatoms. The Hall–Kier alpha value is -1.26. The monoisotopic (exact) mass is 298 g/mol. The molecule has 0 aliphatic carbocycles. The van der Waals surface area contributed by atoms with Gasteiger partial charge in [0.25, 0.3) is 5.91 Å². The molecule has 0 saturated carbocycles. The molecule has 0 saturated heterocycles. The van der Waals surface area contributed by atoms with Crippen LogP contribution in [0.2, 0.25) is 5.02 Å². The first-order valence-corrected chi connectivity index (χ1v) is 7.29. The van der Waals surface area contributed by atoms with Crippen molar-refractivity contribution in [3.05, 3.63) is 23.2 Å². The Morgan fingerprint density at radius 3 is 2.75 bits per heavy atom. The molecule has 2 unspecified atom stereocenters. The van der Waals surface area contributed by atoms with Crippen LogP contribution < -0.4 is 11.1 Å². The van der Waals surface area contributed by atoms with E-state index in [-0.39, 0.29) is 5.91 Å². The molecule has 0 radical (unpaired) electrons. The van der Waals surface area contributed by atoms with Crippen LogP contribution in [0.5, 0.6) is 0 Å². The lowest BCUT2D eigenvalue weighted by atomic mass is 10.1. The van der Waals surface area contributed by atoms with E-state index in [1.54, 1.807) is 25.1 Å². The number of halogens is 1. The third kappa shape index (κ3) is 5.39. The van der Waals surface area contributed by atoms with Gasteiger partial charge in [-0.05, 0) is 37.5 Å². The fraction of sp³-hybridized carbons (Fsp3) is 0.533. The summed E-state index contributed by atoms with van der Waals surface area (Å²) in [7, 11) is 0. The van der Waals surface area contributed by atoms with Gasteiger partial charge in [0.2, 0.25) is 0 Å². The second kappa shape index (κ2) is 8.12. The molecule has 4 nitrogen and oxygen atoms in total. The van der Waals surface area contributed by atoms with Gasteiger partial charge in [-0.25, -0.2) is 0 Å². The Kier molecular flexibility index (Phi) is 6.82. The lowest BCUT2D eigenvalue weighted by Crippen LogP contribution is -2.29. The molecule has 1 aromatic carbocycles. The van der Waals surface area contributed by atoms with Gasteiger partial charge in [0, 0.05) is 5.02 Å². The average Bonchev–Trinajstić information content (AvgIpc) is 2.39. The van der Waals surface area contributed by atoms with E-state index in [9.17, 15) is 4.79 Å². The Morgan fingerprint density at radius 2 is 2.15 bits per heavy atom. The van der Waals surface area contributed by atoms with E-state index in [1.165, 1.54) is 0 Å². The fourth-order valence-electron chi connectivity index (χ4n) is 1.84. The van der Waals surface area contributed by atoms with E-state index in [0.29, 0.717) is 28.9 Å². The van der Waals surface area contributed by atoms with Gasteiger partial charge in [0.05, 0.1) is 18.0 Å². The van der Waals surface area contributed by atoms with Gasteiger partial charge in [0.15, 0.2) is 0 Å². The maximum Gasteiger partial charge on any atom is 0.253 e. The average molecular weight is 299 g/mol. The van der Waals surface area contributed by atoms with E-state index < -0.39 is 6.10 Å². The molecule has 0 aliphatic rings. The maximum absolute atomic E-state index is 12.0. The summed E-state index contributed by atoms with van der Waals surface area (Å²) in [5, 5.41) is 3.29. The van der Waals surface area contributed by atoms with Crippen molar-refractivity contribution >= 4 is 28.9 Å². The lowest BCUT2D eigenvalue weighted by molar-refractivity contribution is -0.127. The molecule has 0 aliphatic heterocycles. The summed E-state index contributed by atoms with van der Waals surface area (Å²) < 4.78 is 5.57. The minimum atomic E-state index is -0.510. The third-order valence-corrected chi connectivity index (χ3v) is 3.29. The number of carbonyl (C=O) groups excluding carboxylic acids is 1. The molecule has 3 N–H and O–H groups in total. The first-order valence-electron chi connectivity index (χ1n) is 6.91. The largest absolute Gasteiger partial charge is 0.397 e. The maximum atomic E-state index is 12.0. The highest BCUT2D eigenvalue weighted by Gasteiger charge is 2.15. The molecule has 1 amide bonds. The van der Waals surface area contributed by atoms with Crippen molar-refractivity contribution in [1.29, 1.82) is 0 Å². The quantitative estimate of drug-likeness (QED) is 0.754. The summed E-state index contributed by atoms with van der Waals surface area (Å²) >= 11 is 5.81. The summed E-state index contributed by atoms with van der Waals surface area (Å²) in [5.74, 6) is 0.249. The van der Waals surface area contributed by atoms with E-state index in [1.807, 2.05) is 0 Å². The molecule has 112 valence electrons. The second-order valence-electron chi connectivity index (χ2n) is 5.09. The van der Waals surface area contributed by atoms with Crippen LogP contribution in [0.25, 0.3) is 0 Å². The molecule has 20 heavy (non-hydrogen) atoms.